The average molecular weight is 289 g/mol. The fourth-order valence-corrected chi connectivity index (χ4v) is 2.90. The Bertz CT molecular complexity index is 607. The first-order valence-corrected chi connectivity index (χ1v) is 7.09. The minimum atomic E-state index is -0.606. The highest BCUT2D eigenvalue weighted by molar-refractivity contribution is 5.52. The van der Waals surface area contributed by atoms with E-state index in [1.807, 2.05) is 12.1 Å². The summed E-state index contributed by atoms with van der Waals surface area (Å²) in [5.41, 5.74) is 2.76. The highest BCUT2D eigenvalue weighted by Gasteiger charge is 2.20. The van der Waals surface area contributed by atoms with Gasteiger partial charge in [0.05, 0.1) is 6.61 Å². The van der Waals surface area contributed by atoms with Crippen LogP contribution in [0.5, 0.6) is 0 Å². The molecule has 2 aromatic carbocycles. The number of halogens is 2. The van der Waals surface area contributed by atoms with Crippen LogP contribution >= 0.6 is 0 Å². The maximum Gasteiger partial charge on any atom is 0.149 e. The summed E-state index contributed by atoms with van der Waals surface area (Å²) in [4.78, 5) is 1.76. The van der Waals surface area contributed by atoms with E-state index in [0.29, 0.717) is 13.1 Å². The lowest BCUT2D eigenvalue weighted by Crippen LogP contribution is -2.28. The van der Waals surface area contributed by atoms with Crippen LogP contribution in [0.4, 0.5) is 14.5 Å². The molecule has 1 aliphatic heterocycles. The molecule has 1 aliphatic rings. The molecule has 0 saturated heterocycles. The third-order valence-corrected chi connectivity index (χ3v) is 4.00. The van der Waals surface area contributed by atoms with E-state index in [0.717, 1.165) is 12.8 Å². The van der Waals surface area contributed by atoms with Gasteiger partial charge in [-0.3, -0.25) is 0 Å². The molecule has 1 heterocycles. The Kier molecular flexibility index (Phi) is 3.88. The van der Waals surface area contributed by atoms with Crippen molar-refractivity contribution in [2.75, 3.05) is 18.0 Å². The number of rotatable bonds is 2. The highest BCUT2D eigenvalue weighted by atomic mass is 19.1. The van der Waals surface area contributed by atoms with Crippen molar-refractivity contribution in [2.45, 2.75) is 19.4 Å². The Labute approximate surface area is 122 Å². The van der Waals surface area contributed by atoms with Crippen molar-refractivity contribution < 1.29 is 13.9 Å². The molecule has 1 N–H and O–H groups in total. The van der Waals surface area contributed by atoms with Crippen molar-refractivity contribution >= 4 is 5.69 Å². The lowest BCUT2D eigenvalue weighted by Gasteiger charge is -2.24. The third-order valence-electron chi connectivity index (χ3n) is 4.00. The third kappa shape index (κ3) is 2.76. The van der Waals surface area contributed by atoms with Gasteiger partial charge in [0.1, 0.15) is 17.3 Å². The second kappa shape index (κ2) is 5.82. The highest BCUT2D eigenvalue weighted by Crippen LogP contribution is 2.27. The summed E-state index contributed by atoms with van der Waals surface area (Å²) >= 11 is 0. The van der Waals surface area contributed by atoms with Crippen molar-refractivity contribution in [1.82, 2.24) is 0 Å². The van der Waals surface area contributed by atoms with E-state index in [4.69, 9.17) is 5.11 Å². The Balaban J connectivity index is 1.89. The van der Waals surface area contributed by atoms with Crippen molar-refractivity contribution in [2.24, 2.45) is 0 Å². The van der Waals surface area contributed by atoms with Crippen molar-refractivity contribution in [3.63, 3.8) is 0 Å². The lowest BCUT2D eigenvalue weighted by molar-refractivity contribution is 0.280. The number of fused-ring (bicyclic) bond motifs is 1. The number of hydrogen-bond acceptors (Lipinski definition) is 2. The number of hydrogen-bond donors (Lipinski definition) is 1. The molecule has 0 aliphatic carbocycles. The molecule has 110 valence electrons. The number of aliphatic hydroxyl groups is 1. The van der Waals surface area contributed by atoms with E-state index in [-0.39, 0.29) is 17.9 Å². The van der Waals surface area contributed by atoms with Crippen LogP contribution in [0, 0.1) is 11.6 Å². The maximum absolute atomic E-state index is 14.2. The van der Waals surface area contributed by atoms with E-state index in [1.54, 1.807) is 4.90 Å². The molecule has 0 atom stereocenters. The molecule has 4 heteroatoms. The standard InChI is InChI=1S/C17H17F2NO/c18-15-9-12(11-21)10-16(19)17(15)20-7-5-13-3-1-2-4-14(13)6-8-20/h1-4,9-10,21H,5-8,11H2. The molecule has 0 bridgehead atoms. The Morgan fingerprint density at radius 2 is 1.48 bits per heavy atom. The molecular formula is C17H17F2NO. The number of anilines is 1. The minimum absolute atomic E-state index is 0.0139. The van der Waals surface area contributed by atoms with E-state index in [2.05, 4.69) is 12.1 Å². The van der Waals surface area contributed by atoms with Crippen molar-refractivity contribution in [3.8, 4) is 0 Å². The summed E-state index contributed by atoms with van der Waals surface area (Å²) in [5, 5.41) is 9.00. The number of nitrogens with zero attached hydrogens (tertiary/aromatic N) is 1. The van der Waals surface area contributed by atoms with E-state index in [9.17, 15) is 8.78 Å². The predicted molar refractivity (Wildman–Crippen MR) is 78.3 cm³/mol. The SMILES string of the molecule is OCc1cc(F)c(N2CCc3ccccc3CC2)c(F)c1. The largest absolute Gasteiger partial charge is 0.392 e. The molecule has 3 rings (SSSR count). The second-order valence-electron chi connectivity index (χ2n) is 5.32. The van der Waals surface area contributed by atoms with E-state index in [1.165, 1.54) is 23.3 Å². The molecule has 0 spiro atoms. The average Bonchev–Trinajstić information content (AvgIpc) is 2.69. The predicted octanol–water partition coefficient (Wildman–Crippen LogP) is 3.06. The molecule has 0 radical (unpaired) electrons. The molecule has 2 nitrogen and oxygen atoms in total. The Hall–Kier alpha value is -1.94. The van der Waals surface area contributed by atoms with Crippen LogP contribution in [0.15, 0.2) is 36.4 Å². The van der Waals surface area contributed by atoms with Gasteiger partial charge in [-0.1, -0.05) is 24.3 Å². The number of benzene rings is 2. The first-order chi connectivity index (χ1) is 10.2. The van der Waals surface area contributed by atoms with E-state index < -0.39 is 11.6 Å². The molecule has 21 heavy (non-hydrogen) atoms. The van der Waals surface area contributed by atoms with Gasteiger partial charge in [-0.25, -0.2) is 8.78 Å². The molecule has 0 aromatic heterocycles. The second-order valence-corrected chi connectivity index (χ2v) is 5.32. The fraction of sp³-hybridized carbons (Fsp3) is 0.294. The Morgan fingerprint density at radius 1 is 0.952 bits per heavy atom. The summed E-state index contributed by atoms with van der Waals surface area (Å²) in [6.07, 6.45) is 1.55. The van der Waals surface area contributed by atoms with Crippen LogP contribution in [0.25, 0.3) is 0 Å². The number of aliphatic hydroxyl groups excluding tert-OH is 1. The van der Waals surface area contributed by atoms with E-state index >= 15 is 0 Å². The van der Waals surface area contributed by atoms with Gasteiger partial charge in [0.25, 0.3) is 0 Å². The van der Waals surface area contributed by atoms with Gasteiger partial charge in [-0.05, 0) is 41.7 Å². The zero-order chi connectivity index (χ0) is 14.8. The zero-order valence-electron chi connectivity index (χ0n) is 11.6. The van der Waals surface area contributed by atoms with Gasteiger partial charge < -0.3 is 10.0 Å². The van der Waals surface area contributed by atoms with Crippen LogP contribution in [0.1, 0.15) is 16.7 Å². The topological polar surface area (TPSA) is 23.5 Å². The summed E-state index contributed by atoms with van der Waals surface area (Å²) in [6, 6.07) is 10.5. The first kappa shape index (κ1) is 14.0. The van der Waals surface area contributed by atoms with Gasteiger partial charge in [-0.2, -0.15) is 0 Å². The van der Waals surface area contributed by atoms with Crippen LogP contribution in [-0.4, -0.2) is 18.2 Å². The van der Waals surface area contributed by atoms with Crippen molar-refractivity contribution in [1.29, 1.82) is 0 Å². The smallest absolute Gasteiger partial charge is 0.149 e. The molecule has 0 unspecified atom stereocenters. The van der Waals surface area contributed by atoms with Gasteiger partial charge in [0.2, 0.25) is 0 Å². The van der Waals surface area contributed by atoms with Gasteiger partial charge >= 0.3 is 0 Å². The molecule has 0 amide bonds. The van der Waals surface area contributed by atoms with Gasteiger partial charge in [0.15, 0.2) is 0 Å². The minimum Gasteiger partial charge on any atom is -0.392 e. The fourth-order valence-electron chi connectivity index (χ4n) is 2.90. The summed E-state index contributed by atoms with van der Waals surface area (Å²) in [6.45, 7) is 0.812. The summed E-state index contributed by atoms with van der Waals surface area (Å²) in [5.74, 6) is -1.21. The summed E-state index contributed by atoms with van der Waals surface area (Å²) in [7, 11) is 0. The normalized spacial score (nSPS) is 14.7. The lowest BCUT2D eigenvalue weighted by atomic mass is 10.0. The maximum atomic E-state index is 14.2. The quantitative estimate of drug-likeness (QED) is 0.918. The van der Waals surface area contributed by atoms with Crippen LogP contribution < -0.4 is 4.90 Å². The van der Waals surface area contributed by atoms with Gasteiger partial charge in [0, 0.05) is 13.1 Å². The molecule has 0 fully saturated rings. The van der Waals surface area contributed by atoms with Crippen molar-refractivity contribution in [3.05, 3.63) is 64.7 Å². The molecule has 2 aromatic rings. The van der Waals surface area contributed by atoms with Gasteiger partial charge in [-0.15, -0.1) is 0 Å². The zero-order valence-corrected chi connectivity index (χ0v) is 11.6. The van der Waals surface area contributed by atoms with Crippen LogP contribution in [0.3, 0.4) is 0 Å². The van der Waals surface area contributed by atoms with Crippen LogP contribution in [-0.2, 0) is 19.4 Å². The monoisotopic (exact) mass is 289 g/mol. The molecular weight excluding hydrogens is 272 g/mol. The molecule has 0 saturated carbocycles. The summed E-state index contributed by atoms with van der Waals surface area (Å²) < 4.78 is 28.3. The Morgan fingerprint density at radius 3 is 1.95 bits per heavy atom. The first-order valence-electron chi connectivity index (χ1n) is 7.09. The van der Waals surface area contributed by atoms with Crippen LogP contribution in [0.2, 0.25) is 0 Å².